The maximum atomic E-state index is 12.4. The quantitative estimate of drug-likeness (QED) is 0.257. The van der Waals surface area contributed by atoms with Crippen LogP contribution in [0.5, 0.6) is 5.75 Å². The molecule has 2 atom stereocenters. The predicted octanol–water partition coefficient (Wildman–Crippen LogP) is -3.96. The number of carbonyl (C=O) groups excluding carboxylic acids is 4. The molecule has 2 aliphatic heterocycles. The Morgan fingerprint density at radius 1 is 1.28 bits per heavy atom. The van der Waals surface area contributed by atoms with Crippen LogP contribution in [-0.2, 0) is 23.9 Å². The fourth-order valence-electron chi connectivity index (χ4n) is 2.85. The Bertz CT molecular complexity index is 846. The van der Waals surface area contributed by atoms with Gasteiger partial charge in [-0.2, -0.15) is 0 Å². The van der Waals surface area contributed by atoms with Crippen LogP contribution in [0.25, 0.3) is 0 Å². The summed E-state index contributed by atoms with van der Waals surface area (Å²) in [7, 11) is 0. The first-order chi connectivity index (χ1) is 13.4. The van der Waals surface area contributed by atoms with Crippen LogP contribution in [0.4, 0.5) is 0 Å². The van der Waals surface area contributed by atoms with Crippen molar-refractivity contribution in [2.45, 2.75) is 18.3 Å². The number of carboxylic acids is 1. The van der Waals surface area contributed by atoms with Crippen LogP contribution in [0, 0.1) is 0 Å². The summed E-state index contributed by atoms with van der Waals surface area (Å²) < 4.78 is 10.2. The van der Waals surface area contributed by atoms with E-state index in [1.807, 2.05) is 6.07 Å². The molecule has 9 nitrogen and oxygen atoms in total. The first kappa shape index (κ1) is 23.9. The van der Waals surface area contributed by atoms with Gasteiger partial charge in [-0.1, -0.05) is 18.2 Å². The first-order valence-electron chi connectivity index (χ1n) is 8.37. The standard InChI is InChI=1S/C18H18N2O7S.K/c1-10(21)26-7-11-9-28-17-14(16(23)20(17)15(11)18(24)25)19-13(22)8-27-12-5-3-2-4-6-12;/h2-6,14,17H,7-9H2,1H3,(H,19,22)(H,24,25);/q;+1/p-1/t14-,17-;/m1./s1. The summed E-state index contributed by atoms with van der Waals surface area (Å²) in [5, 5.41) is 13.5. The van der Waals surface area contributed by atoms with Gasteiger partial charge >= 0.3 is 57.4 Å². The maximum absolute atomic E-state index is 12.4. The van der Waals surface area contributed by atoms with Gasteiger partial charge in [0.25, 0.3) is 11.8 Å². The number of amides is 2. The van der Waals surface area contributed by atoms with E-state index in [1.54, 1.807) is 24.3 Å². The maximum Gasteiger partial charge on any atom is 1.00 e. The van der Waals surface area contributed by atoms with Crippen molar-refractivity contribution in [2.75, 3.05) is 19.0 Å². The third kappa shape index (κ3) is 5.62. The number of β-lactam (4-membered cyclic amide) rings is 1. The number of aliphatic carboxylic acids is 1. The van der Waals surface area contributed by atoms with Crippen LogP contribution >= 0.6 is 11.8 Å². The number of hydrogen-bond acceptors (Lipinski definition) is 8. The topological polar surface area (TPSA) is 125 Å². The van der Waals surface area contributed by atoms with Crippen LogP contribution < -0.4 is 66.5 Å². The monoisotopic (exact) mass is 444 g/mol. The molecule has 29 heavy (non-hydrogen) atoms. The average molecular weight is 445 g/mol. The molecule has 11 heteroatoms. The minimum absolute atomic E-state index is 0. The molecule has 0 spiro atoms. The Balaban J connectivity index is 0.00000300. The summed E-state index contributed by atoms with van der Waals surface area (Å²) in [5.74, 6) is -2.40. The molecule has 0 unspecified atom stereocenters. The van der Waals surface area contributed by atoms with Crippen molar-refractivity contribution in [1.82, 2.24) is 10.2 Å². The van der Waals surface area contributed by atoms with E-state index in [-0.39, 0.29) is 81.6 Å². The number of hydrogen-bond donors (Lipinski definition) is 1. The summed E-state index contributed by atoms with van der Waals surface area (Å²) >= 11 is 1.27. The van der Waals surface area contributed by atoms with Crippen LogP contribution in [-0.4, -0.2) is 59.0 Å². The van der Waals surface area contributed by atoms with E-state index in [4.69, 9.17) is 9.47 Å². The number of carboxylic acid groups (broad SMARTS) is 1. The second-order valence-corrected chi connectivity index (χ2v) is 7.18. The van der Waals surface area contributed by atoms with E-state index in [9.17, 15) is 24.3 Å². The zero-order valence-corrected chi connectivity index (χ0v) is 19.8. The summed E-state index contributed by atoms with van der Waals surface area (Å²) in [6.45, 7) is 0.700. The third-order valence-electron chi connectivity index (χ3n) is 4.12. The number of fused-ring (bicyclic) bond motifs is 1. The Kier molecular flexibility index (Phi) is 8.73. The smallest absolute Gasteiger partial charge is 0.543 e. The first-order valence-corrected chi connectivity index (χ1v) is 9.42. The number of rotatable bonds is 7. The van der Waals surface area contributed by atoms with E-state index in [1.165, 1.54) is 18.7 Å². The van der Waals surface area contributed by atoms with Crippen LogP contribution in [0.3, 0.4) is 0 Å². The van der Waals surface area contributed by atoms with Gasteiger partial charge in [0.1, 0.15) is 23.8 Å². The van der Waals surface area contributed by atoms with Crippen molar-refractivity contribution in [3.8, 4) is 5.75 Å². The van der Waals surface area contributed by atoms with Crippen molar-refractivity contribution < 1.29 is 85.1 Å². The normalized spacial score (nSPS) is 20.0. The molecule has 1 N–H and O–H groups in total. The van der Waals surface area contributed by atoms with Crippen molar-refractivity contribution in [3.05, 3.63) is 41.6 Å². The fourth-order valence-corrected chi connectivity index (χ4v) is 4.18. The molecular weight excluding hydrogens is 427 g/mol. The molecular formula is C18H17KN2O7S. The molecule has 2 aliphatic rings. The largest absolute Gasteiger partial charge is 1.00 e. The number of nitrogens with zero attached hydrogens (tertiary/aromatic N) is 1. The molecule has 148 valence electrons. The number of benzene rings is 1. The minimum atomic E-state index is -1.53. The molecule has 0 aromatic heterocycles. The molecule has 1 aromatic carbocycles. The van der Waals surface area contributed by atoms with Crippen molar-refractivity contribution in [2.24, 2.45) is 0 Å². The molecule has 2 heterocycles. The molecule has 0 bridgehead atoms. The van der Waals surface area contributed by atoms with E-state index in [0.717, 1.165) is 4.90 Å². The molecule has 1 aromatic rings. The molecule has 0 aliphatic carbocycles. The van der Waals surface area contributed by atoms with Crippen molar-refractivity contribution >= 4 is 35.5 Å². The molecule has 0 saturated carbocycles. The number of ether oxygens (including phenoxy) is 2. The van der Waals surface area contributed by atoms with Gasteiger partial charge in [0.2, 0.25) is 0 Å². The fraction of sp³-hybridized carbons (Fsp3) is 0.333. The summed E-state index contributed by atoms with van der Waals surface area (Å²) in [5.41, 5.74) is -0.0250. The van der Waals surface area contributed by atoms with Crippen molar-refractivity contribution in [1.29, 1.82) is 0 Å². The van der Waals surface area contributed by atoms with Crippen LogP contribution in [0.1, 0.15) is 6.92 Å². The number of esters is 1. The number of nitrogens with one attached hydrogen (secondary N) is 1. The summed E-state index contributed by atoms with van der Waals surface area (Å²) in [6, 6.07) is 7.87. The molecule has 0 radical (unpaired) electrons. The van der Waals surface area contributed by atoms with Gasteiger partial charge in [0, 0.05) is 18.2 Å². The van der Waals surface area contributed by atoms with E-state index in [0.29, 0.717) is 5.75 Å². The average Bonchev–Trinajstić information content (AvgIpc) is 2.68. The van der Waals surface area contributed by atoms with Crippen molar-refractivity contribution in [3.63, 3.8) is 0 Å². The van der Waals surface area contributed by atoms with Crippen LogP contribution in [0.15, 0.2) is 41.6 Å². The molecule has 2 amide bonds. The minimum Gasteiger partial charge on any atom is -0.543 e. The number of para-hydroxylation sites is 1. The Morgan fingerprint density at radius 3 is 2.59 bits per heavy atom. The summed E-state index contributed by atoms with van der Waals surface area (Å²) in [4.78, 5) is 48.1. The Morgan fingerprint density at radius 2 is 1.97 bits per heavy atom. The van der Waals surface area contributed by atoms with Gasteiger partial charge in [-0.15, -0.1) is 11.8 Å². The van der Waals surface area contributed by atoms with E-state index >= 15 is 0 Å². The zero-order chi connectivity index (χ0) is 20.3. The van der Waals surface area contributed by atoms with Gasteiger partial charge in [-0.3, -0.25) is 19.3 Å². The zero-order valence-electron chi connectivity index (χ0n) is 15.9. The Hall–Kier alpha value is -1.37. The SMILES string of the molecule is CC(=O)OCC1=C(C(=O)[O-])N2C(=O)[C@@H](NC(=O)COc3ccccc3)[C@H]2SC1.[K+]. The molecule has 1 fully saturated rings. The molecule has 1 saturated heterocycles. The van der Waals surface area contributed by atoms with Gasteiger partial charge in [-0.05, 0) is 12.1 Å². The van der Waals surface area contributed by atoms with Gasteiger partial charge in [0.15, 0.2) is 6.61 Å². The summed E-state index contributed by atoms with van der Waals surface area (Å²) in [6.07, 6.45) is 0. The van der Waals surface area contributed by atoms with E-state index < -0.39 is 35.2 Å². The predicted molar refractivity (Wildman–Crippen MR) is 95.6 cm³/mol. The van der Waals surface area contributed by atoms with Gasteiger partial charge in [0.05, 0.1) is 11.7 Å². The van der Waals surface area contributed by atoms with E-state index in [2.05, 4.69) is 5.32 Å². The second kappa shape index (κ2) is 10.6. The number of carbonyl (C=O) groups is 4. The van der Waals surface area contributed by atoms with Gasteiger partial charge < -0.3 is 24.7 Å². The van der Waals surface area contributed by atoms with Crippen LogP contribution in [0.2, 0.25) is 0 Å². The number of thioether (sulfide) groups is 1. The third-order valence-corrected chi connectivity index (χ3v) is 5.46. The second-order valence-electron chi connectivity index (χ2n) is 6.08. The molecule has 3 rings (SSSR count). The Labute approximate surface area is 213 Å². The van der Waals surface area contributed by atoms with Gasteiger partial charge in [-0.25, -0.2) is 0 Å².